The average molecular weight is 665 g/mol. The molecule has 0 spiro atoms. The molecule has 0 radical (unpaired) electrons. The molecule has 3 aromatic carbocycles. The second kappa shape index (κ2) is 17.9. The zero-order valence-corrected chi connectivity index (χ0v) is 27.8. The van der Waals surface area contributed by atoms with Crippen LogP contribution >= 0.6 is 0 Å². The average Bonchev–Trinajstić information content (AvgIpc) is 3.64. The Morgan fingerprint density at radius 2 is 1.55 bits per heavy atom. The number of carboxylic acids is 1. The highest BCUT2D eigenvalue weighted by atomic mass is 16.5. The number of ether oxygens (including phenoxy) is 2. The number of hydrogen-bond acceptors (Lipinski definition) is 8. The van der Waals surface area contributed by atoms with Crippen LogP contribution in [0.25, 0.3) is 22.5 Å². The van der Waals surface area contributed by atoms with Gasteiger partial charge in [-0.25, -0.2) is 14.8 Å². The molecular weight excluding hydrogens is 620 g/mol. The maximum absolute atomic E-state index is 13.5. The zero-order chi connectivity index (χ0) is 34.4. The molecule has 3 atom stereocenters. The van der Waals surface area contributed by atoms with Gasteiger partial charge in [0, 0.05) is 30.1 Å². The molecule has 1 aromatic heterocycles. The van der Waals surface area contributed by atoms with Crippen LogP contribution in [-0.4, -0.2) is 58.2 Å². The molecule has 256 valence electrons. The van der Waals surface area contributed by atoms with Crippen LogP contribution in [0.5, 0.6) is 5.75 Å². The van der Waals surface area contributed by atoms with Crippen molar-refractivity contribution in [3.05, 3.63) is 102 Å². The van der Waals surface area contributed by atoms with Gasteiger partial charge in [0.15, 0.2) is 11.6 Å². The molecule has 0 aliphatic carbocycles. The number of benzene rings is 3. The van der Waals surface area contributed by atoms with E-state index in [1.807, 2.05) is 78.9 Å². The number of carbonyl (C=O) groups is 3. The normalized spacial score (nSPS) is 16.1. The molecule has 0 bridgehead atoms. The van der Waals surface area contributed by atoms with E-state index < -0.39 is 30.1 Å². The van der Waals surface area contributed by atoms with Gasteiger partial charge in [0.1, 0.15) is 12.4 Å². The van der Waals surface area contributed by atoms with Crippen molar-refractivity contribution >= 4 is 17.8 Å². The molecule has 1 fully saturated rings. The van der Waals surface area contributed by atoms with Gasteiger partial charge in [-0.15, -0.1) is 0 Å². The Bertz CT molecular complexity index is 1650. The molecule has 1 aliphatic heterocycles. The van der Waals surface area contributed by atoms with Crippen molar-refractivity contribution in [2.24, 2.45) is 5.92 Å². The van der Waals surface area contributed by atoms with Crippen LogP contribution in [0.4, 0.5) is 4.79 Å². The molecule has 1 aliphatic rings. The first-order valence-corrected chi connectivity index (χ1v) is 17.0. The van der Waals surface area contributed by atoms with E-state index in [0.717, 1.165) is 46.6 Å². The maximum Gasteiger partial charge on any atom is 0.408 e. The molecule has 1 amide bonds. The number of rotatable bonds is 17. The third-order valence-electron chi connectivity index (χ3n) is 8.68. The second-order valence-corrected chi connectivity index (χ2v) is 12.4. The Hall–Kier alpha value is -5.09. The van der Waals surface area contributed by atoms with Gasteiger partial charge in [-0.2, -0.15) is 0 Å². The summed E-state index contributed by atoms with van der Waals surface area (Å²) < 4.78 is 11.3. The van der Waals surface area contributed by atoms with Crippen molar-refractivity contribution in [1.82, 2.24) is 20.6 Å². The van der Waals surface area contributed by atoms with E-state index in [0.29, 0.717) is 5.82 Å². The first-order valence-electron chi connectivity index (χ1n) is 17.0. The summed E-state index contributed by atoms with van der Waals surface area (Å²) in [5.74, 6) is -0.488. The topological polar surface area (TPSA) is 140 Å². The summed E-state index contributed by atoms with van der Waals surface area (Å²) in [5, 5.41) is 15.1. The second-order valence-electron chi connectivity index (χ2n) is 12.4. The van der Waals surface area contributed by atoms with E-state index in [9.17, 15) is 19.5 Å². The number of nitrogens with zero attached hydrogens (tertiary/aromatic N) is 2. The first kappa shape index (κ1) is 35.2. The fraction of sp³-hybridized carbons (Fsp3) is 0.359. The van der Waals surface area contributed by atoms with E-state index >= 15 is 0 Å². The summed E-state index contributed by atoms with van der Waals surface area (Å²) >= 11 is 0. The number of amides is 1. The number of aromatic nitrogens is 2. The molecule has 4 aromatic rings. The van der Waals surface area contributed by atoms with Crippen LogP contribution in [0.2, 0.25) is 0 Å². The van der Waals surface area contributed by atoms with Gasteiger partial charge < -0.3 is 25.2 Å². The predicted molar refractivity (Wildman–Crippen MR) is 187 cm³/mol. The number of hydrogen-bond donors (Lipinski definition) is 3. The van der Waals surface area contributed by atoms with E-state index in [-0.39, 0.29) is 31.8 Å². The lowest BCUT2D eigenvalue weighted by atomic mass is 9.94. The molecule has 10 nitrogen and oxygen atoms in total. The van der Waals surface area contributed by atoms with Crippen molar-refractivity contribution in [3.8, 4) is 28.3 Å². The zero-order valence-electron chi connectivity index (χ0n) is 27.8. The number of alkyl carbamates (subject to hydrolysis) is 1. The standard InChI is InChI=1S/C39H44N4O6/c1-2-3-4-5-9-20-48-33-18-16-29(17-19-33)32-24-41-37(42-25-32)30-14-12-27(13-15-30)21-35(36(44)34-22-31(23-40-34)38(45)46)43-39(47)49-26-28-10-7-6-8-11-28/h6-8,10-19,24-25,31,34-35,40H,2-5,9,20-23,26H2,1H3,(H,43,47)(H,45,46). The quantitative estimate of drug-likeness (QED) is 0.106. The van der Waals surface area contributed by atoms with Crippen molar-refractivity contribution in [2.45, 2.75) is 70.6 Å². The van der Waals surface area contributed by atoms with Crippen LogP contribution < -0.4 is 15.4 Å². The summed E-state index contributed by atoms with van der Waals surface area (Å²) in [4.78, 5) is 46.9. The van der Waals surface area contributed by atoms with Gasteiger partial charge in [-0.05, 0) is 48.1 Å². The molecule has 3 unspecified atom stereocenters. The van der Waals surface area contributed by atoms with E-state index in [1.165, 1.54) is 25.7 Å². The monoisotopic (exact) mass is 664 g/mol. The lowest BCUT2D eigenvalue weighted by Gasteiger charge is -2.21. The van der Waals surface area contributed by atoms with Gasteiger partial charge in [0.25, 0.3) is 0 Å². The van der Waals surface area contributed by atoms with E-state index in [1.54, 1.807) is 12.4 Å². The number of unbranched alkanes of at least 4 members (excludes halogenated alkanes) is 4. The van der Waals surface area contributed by atoms with Crippen LogP contribution in [0.15, 0.2) is 91.3 Å². The van der Waals surface area contributed by atoms with E-state index in [2.05, 4.69) is 27.5 Å². The van der Waals surface area contributed by atoms with Gasteiger partial charge in [0.05, 0.1) is 24.6 Å². The molecule has 2 heterocycles. The summed E-state index contributed by atoms with van der Waals surface area (Å²) in [5.41, 5.74) is 4.31. The Morgan fingerprint density at radius 3 is 2.22 bits per heavy atom. The molecule has 49 heavy (non-hydrogen) atoms. The van der Waals surface area contributed by atoms with Gasteiger partial charge in [-0.1, -0.05) is 99.3 Å². The van der Waals surface area contributed by atoms with Gasteiger partial charge in [-0.3, -0.25) is 9.59 Å². The van der Waals surface area contributed by atoms with Crippen molar-refractivity contribution in [2.75, 3.05) is 13.2 Å². The summed E-state index contributed by atoms with van der Waals surface area (Å²) in [6.07, 6.45) is 9.23. The number of aliphatic carboxylic acids is 1. The highest BCUT2D eigenvalue weighted by Gasteiger charge is 2.37. The lowest BCUT2D eigenvalue weighted by molar-refractivity contribution is -0.141. The highest BCUT2D eigenvalue weighted by molar-refractivity contribution is 5.92. The fourth-order valence-corrected chi connectivity index (χ4v) is 5.80. The van der Waals surface area contributed by atoms with E-state index in [4.69, 9.17) is 9.47 Å². The van der Waals surface area contributed by atoms with Crippen LogP contribution in [-0.2, 0) is 27.4 Å². The number of Topliss-reactive ketones (excluding diaryl/α,β-unsaturated/α-hetero) is 1. The largest absolute Gasteiger partial charge is 0.494 e. The van der Waals surface area contributed by atoms with Crippen molar-refractivity contribution < 1.29 is 29.0 Å². The predicted octanol–water partition coefficient (Wildman–Crippen LogP) is 6.63. The van der Waals surface area contributed by atoms with Gasteiger partial charge in [0.2, 0.25) is 0 Å². The third kappa shape index (κ3) is 10.4. The molecule has 1 saturated heterocycles. The Balaban J connectivity index is 1.19. The smallest absolute Gasteiger partial charge is 0.408 e. The maximum atomic E-state index is 13.5. The molecule has 5 rings (SSSR count). The van der Waals surface area contributed by atoms with Crippen molar-refractivity contribution in [1.29, 1.82) is 0 Å². The van der Waals surface area contributed by atoms with Crippen molar-refractivity contribution in [3.63, 3.8) is 0 Å². The highest BCUT2D eigenvalue weighted by Crippen LogP contribution is 2.24. The minimum Gasteiger partial charge on any atom is -0.494 e. The summed E-state index contributed by atoms with van der Waals surface area (Å²) in [7, 11) is 0. The van der Waals surface area contributed by atoms with Crippen LogP contribution in [0.3, 0.4) is 0 Å². The minimum atomic E-state index is -0.952. The van der Waals surface area contributed by atoms with Crippen LogP contribution in [0.1, 0.15) is 56.6 Å². The molecule has 3 N–H and O–H groups in total. The number of carbonyl (C=O) groups excluding carboxylic acids is 2. The Morgan fingerprint density at radius 1 is 0.857 bits per heavy atom. The summed E-state index contributed by atoms with van der Waals surface area (Å²) in [6, 6.07) is 23.1. The Kier molecular flexibility index (Phi) is 12.9. The third-order valence-corrected chi connectivity index (χ3v) is 8.68. The fourth-order valence-electron chi connectivity index (χ4n) is 5.80. The van der Waals surface area contributed by atoms with Crippen LogP contribution in [0, 0.1) is 5.92 Å². The first-order chi connectivity index (χ1) is 23.9. The number of nitrogens with one attached hydrogen (secondary N) is 2. The lowest BCUT2D eigenvalue weighted by Crippen LogP contribution is -2.49. The molecule has 0 saturated carbocycles. The SMILES string of the molecule is CCCCCCCOc1ccc(-c2cnc(-c3ccc(CC(NC(=O)OCc4ccccc4)C(=O)C4CC(C(=O)O)CN4)cc3)nc2)cc1. The van der Waals surface area contributed by atoms with Gasteiger partial charge >= 0.3 is 12.1 Å². The Labute approximate surface area is 287 Å². The minimum absolute atomic E-state index is 0.0584. The molecule has 10 heteroatoms. The molecular formula is C39H44N4O6. The number of ketones is 1. The summed E-state index contributed by atoms with van der Waals surface area (Å²) in [6.45, 7) is 3.19. The number of carboxylic acid groups (broad SMARTS) is 1.